The molecule has 0 radical (unpaired) electrons. The first-order chi connectivity index (χ1) is 12.5. The molecule has 0 aliphatic carbocycles. The molecule has 0 heterocycles. The predicted octanol–water partition coefficient (Wildman–Crippen LogP) is 3.45. The van der Waals surface area contributed by atoms with Crippen LogP contribution in [0.4, 0.5) is 5.69 Å². The largest absolute Gasteiger partial charge is 0.376 e. The summed E-state index contributed by atoms with van der Waals surface area (Å²) in [6.07, 6.45) is 0. The first-order valence-corrected chi connectivity index (χ1v) is 9.69. The quantitative estimate of drug-likeness (QED) is 0.632. The topological polar surface area (TPSA) is 70.2 Å². The van der Waals surface area contributed by atoms with Crippen molar-refractivity contribution in [2.24, 2.45) is 0 Å². The molecule has 0 bridgehead atoms. The van der Waals surface area contributed by atoms with Gasteiger partial charge in [0.25, 0.3) is 5.91 Å². The van der Waals surface area contributed by atoms with Crippen molar-refractivity contribution in [3.05, 3.63) is 64.2 Å². The number of carbonyl (C=O) groups excluding carboxylic acids is 2. The average Bonchev–Trinajstić information content (AvgIpc) is 2.61. The van der Waals surface area contributed by atoms with Gasteiger partial charge in [0.1, 0.15) is 0 Å². The van der Waals surface area contributed by atoms with E-state index in [1.807, 2.05) is 56.3 Å². The van der Waals surface area contributed by atoms with Crippen molar-refractivity contribution in [1.82, 2.24) is 10.9 Å². The molecule has 0 saturated heterocycles. The SMILES string of the molecule is Cc1ccc(NCC(=O)NNC(=O)CSCc2ccccc2Cl)c(C)c1. The van der Waals surface area contributed by atoms with Gasteiger partial charge in [0.15, 0.2) is 0 Å². The van der Waals surface area contributed by atoms with Crippen molar-refractivity contribution >= 4 is 40.9 Å². The molecule has 0 saturated carbocycles. The van der Waals surface area contributed by atoms with Gasteiger partial charge in [-0.1, -0.05) is 47.5 Å². The fourth-order valence-electron chi connectivity index (χ4n) is 2.28. The van der Waals surface area contributed by atoms with Crippen molar-refractivity contribution in [2.45, 2.75) is 19.6 Å². The van der Waals surface area contributed by atoms with Crippen LogP contribution in [0.5, 0.6) is 0 Å². The first kappa shape index (κ1) is 20.1. The van der Waals surface area contributed by atoms with Gasteiger partial charge < -0.3 is 5.32 Å². The molecule has 0 fully saturated rings. The van der Waals surface area contributed by atoms with Gasteiger partial charge in [-0.3, -0.25) is 20.4 Å². The third-order valence-electron chi connectivity index (χ3n) is 3.61. The number of nitrogens with one attached hydrogen (secondary N) is 3. The van der Waals surface area contributed by atoms with Gasteiger partial charge in [-0.25, -0.2) is 0 Å². The Morgan fingerprint density at radius 1 is 1.04 bits per heavy atom. The van der Waals surface area contributed by atoms with Crippen LogP contribution >= 0.6 is 23.4 Å². The number of hydrogen-bond donors (Lipinski definition) is 3. The number of carbonyl (C=O) groups is 2. The zero-order chi connectivity index (χ0) is 18.9. The molecule has 0 unspecified atom stereocenters. The number of benzene rings is 2. The van der Waals surface area contributed by atoms with Crippen LogP contribution in [0.1, 0.15) is 16.7 Å². The fraction of sp³-hybridized carbons (Fsp3) is 0.263. The van der Waals surface area contributed by atoms with Gasteiger partial charge in [-0.05, 0) is 37.1 Å². The number of halogens is 1. The van der Waals surface area contributed by atoms with Gasteiger partial charge in [0, 0.05) is 16.5 Å². The molecule has 3 N–H and O–H groups in total. The van der Waals surface area contributed by atoms with Crippen LogP contribution in [0.25, 0.3) is 0 Å². The highest BCUT2D eigenvalue weighted by Gasteiger charge is 2.07. The summed E-state index contributed by atoms with van der Waals surface area (Å²) in [6, 6.07) is 13.5. The summed E-state index contributed by atoms with van der Waals surface area (Å²) in [5.41, 5.74) is 8.92. The molecule has 7 heteroatoms. The Bertz CT molecular complexity index is 783. The van der Waals surface area contributed by atoms with Crippen LogP contribution in [0, 0.1) is 13.8 Å². The second-order valence-corrected chi connectivity index (χ2v) is 7.25. The Labute approximate surface area is 162 Å². The maximum atomic E-state index is 11.8. The van der Waals surface area contributed by atoms with E-state index in [4.69, 9.17) is 11.6 Å². The minimum Gasteiger partial charge on any atom is -0.376 e. The van der Waals surface area contributed by atoms with E-state index in [0.29, 0.717) is 10.8 Å². The Morgan fingerprint density at radius 3 is 2.50 bits per heavy atom. The van der Waals surface area contributed by atoms with E-state index in [1.54, 1.807) is 0 Å². The fourth-order valence-corrected chi connectivity index (χ4v) is 3.39. The van der Waals surface area contributed by atoms with E-state index in [1.165, 1.54) is 17.3 Å². The lowest BCUT2D eigenvalue weighted by atomic mass is 10.1. The normalized spacial score (nSPS) is 10.3. The molecule has 5 nitrogen and oxygen atoms in total. The summed E-state index contributed by atoms with van der Waals surface area (Å²) in [7, 11) is 0. The van der Waals surface area contributed by atoms with Gasteiger partial charge in [0.05, 0.1) is 12.3 Å². The van der Waals surface area contributed by atoms with Gasteiger partial charge in [-0.15, -0.1) is 11.8 Å². The standard InChI is InChI=1S/C19H22ClN3O2S/c1-13-7-8-17(14(2)9-13)21-10-18(24)22-23-19(25)12-26-11-15-5-3-4-6-16(15)20/h3-9,21H,10-12H2,1-2H3,(H,22,24)(H,23,25). The number of rotatable bonds is 7. The van der Waals surface area contributed by atoms with Crippen LogP contribution in [-0.2, 0) is 15.3 Å². The lowest BCUT2D eigenvalue weighted by molar-refractivity contribution is -0.126. The summed E-state index contributed by atoms with van der Waals surface area (Å²) in [5.74, 6) is 0.294. The second kappa shape index (κ2) is 10.1. The van der Waals surface area contributed by atoms with E-state index in [9.17, 15) is 9.59 Å². The van der Waals surface area contributed by atoms with E-state index in [-0.39, 0.29) is 24.1 Å². The molecule has 0 spiro atoms. The molecule has 0 atom stereocenters. The summed E-state index contributed by atoms with van der Waals surface area (Å²) >= 11 is 7.50. The maximum absolute atomic E-state index is 11.8. The molecule has 2 aromatic rings. The number of anilines is 1. The van der Waals surface area contributed by atoms with E-state index >= 15 is 0 Å². The molecule has 0 aromatic heterocycles. The van der Waals surface area contributed by atoms with Crippen molar-refractivity contribution in [1.29, 1.82) is 0 Å². The summed E-state index contributed by atoms with van der Waals surface area (Å²) < 4.78 is 0. The number of amides is 2. The predicted molar refractivity (Wildman–Crippen MR) is 108 cm³/mol. The zero-order valence-corrected chi connectivity index (χ0v) is 16.3. The number of hydrogen-bond acceptors (Lipinski definition) is 4. The first-order valence-electron chi connectivity index (χ1n) is 8.15. The van der Waals surface area contributed by atoms with Crippen LogP contribution in [0.3, 0.4) is 0 Å². The van der Waals surface area contributed by atoms with Crippen LogP contribution in [0.2, 0.25) is 5.02 Å². The highest BCUT2D eigenvalue weighted by molar-refractivity contribution is 7.99. The maximum Gasteiger partial charge on any atom is 0.257 e. The number of thioether (sulfide) groups is 1. The molecule has 26 heavy (non-hydrogen) atoms. The van der Waals surface area contributed by atoms with Crippen molar-refractivity contribution < 1.29 is 9.59 Å². The summed E-state index contributed by atoms with van der Waals surface area (Å²) in [5, 5.41) is 3.74. The average molecular weight is 392 g/mol. The third-order valence-corrected chi connectivity index (χ3v) is 4.96. The zero-order valence-electron chi connectivity index (χ0n) is 14.8. The monoisotopic (exact) mass is 391 g/mol. The molecule has 0 aliphatic rings. The van der Waals surface area contributed by atoms with Crippen LogP contribution in [0.15, 0.2) is 42.5 Å². The highest BCUT2D eigenvalue weighted by Crippen LogP contribution is 2.20. The number of hydrazine groups is 1. The Morgan fingerprint density at radius 2 is 1.77 bits per heavy atom. The van der Waals surface area contributed by atoms with Crippen LogP contribution < -0.4 is 16.2 Å². The van der Waals surface area contributed by atoms with Crippen LogP contribution in [-0.4, -0.2) is 24.1 Å². The van der Waals surface area contributed by atoms with Gasteiger partial charge >= 0.3 is 0 Å². The summed E-state index contributed by atoms with van der Waals surface area (Å²) in [6.45, 7) is 4.07. The Kier molecular flexibility index (Phi) is 7.81. The van der Waals surface area contributed by atoms with Crippen molar-refractivity contribution in [2.75, 3.05) is 17.6 Å². The van der Waals surface area contributed by atoms with Crippen molar-refractivity contribution in [3.63, 3.8) is 0 Å². The highest BCUT2D eigenvalue weighted by atomic mass is 35.5. The van der Waals surface area contributed by atoms with Gasteiger partial charge in [0.2, 0.25) is 5.91 Å². The molecule has 0 aliphatic heterocycles. The van der Waals surface area contributed by atoms with E-state index < -0.39 is 0 Å². The third kappa shape index (κ3) is 6.61. The number of aryl methyl sites for hydroxylation is 2. The molecule has 2 amide bonds. The van der Waals surface area contributed by atoms with Crippen molar-refractivity contribution in [3.8, 4) is 0 Å². The lowest BCUT2D eigenvalue weighted by Crippen LogP contribution is -2.44. The Hall–Kier alpha value is -2.18. The molecule has 138 valence electrons. The lowest BCUT2D eigenvalue weighted by Gasteiger charge is -2.11. The molecular formula is C19H22ClN3O2S. The van der Waals surface area contributed by atoms with Gasteiger partial charge in [-0.2, -0.15) is 0 Å². The molecule has 2 rings (SSSR count). The Balaban J connectivity index is 1.65. The van der Waals surface area contributed by atoms with E-state index in [2.05, 4.69) is 16.2 Å². The molecule has 2 aromatic carbocycles. The summed E-state index contributed by atoms with van der Waals surface area (Å²) in [4.78, 5) is 23.6. The smallest absolute Gasteiger partial charge is 0.257 e. The second-order valence-electron chi connectivity index (χ2n) is 5.85. The molecular weight excluding hydrogens is 370 g/mol. The van der Waals surface area contributed by atoms with E-state index in [0.717, 1.165) is 16.8 Å². The minimum atomic E-state index is -0.311. The minimum absolute atomic E-state index is 0.0803.